The molecule has 21 heavy (non-hydrogen) atoms. The standard InChI is InChI=1S/C16H19ClN2OS/c1-10-9-21-15(19-10)8-14(18-2)7-12-6-13(17)5-11-3-4-20-16(11)12/h5-6,9,14,18H,3-4,7-8H2,1-2H3. The summed E-state index contributed by atoms with van der Waals surface area (Å²) >= 11 is 7.96. The van der Waals surface area contributed by atoms with Crippen LogP contribution >= 0.6 is 22.9 Å². The van der Waals surface area contributed by atoms with Crippen molar-refractivity contribution in [2.75, 3.05) is 13.7 Å². The Morgan fingerprint density at radius 3 is 3.00 bits per heavy atom. The molecule has 0 saturated heterocycles. The van der Waals surface area contributed by atoms with Gasteiger partial charge in [-0.05, 0) is 43.7 Å². The Kier molecular flexibility index (Phi) is 4.48. The van der Waals surface area contributed by atoms with E-state index in [0.717, 1.165) is 42.3 Å². The summed E-state index contributed by atoms with van der Waals surface area (Å²) in [6, 6.07) is 4.39. The monoisotopic (exact) mass is 322 g/mol. The molecule has 1 N–H and O–H groups in total. The molecule has 1 aliphatic heterocycles. The molecule has 0 radical (unpaired) electrons. The maximum absolute atomic E-state index is 6.23. The number of fused-ring (bicyclic) bond motifs is 1. The average molecular weight is 323 g/mol. The third-order valence-corrected chi connectivity index (χ3v) is 4.99. The zero-order valence-electron chi connectivity index (χ0n) is 12.3. The first-order valence-electron chi connectivity index (χ1n) is 7.18. The largest absolute Gasteiger partial charge is 0.493 e. The Labute approximate surface area is 134 Å². The number of nitrogens with one attached hydrogen (secondary N) is 1. The van der Waals surface area contributed by atoms with Crippen LogP contribution in [0.1, 0.15) is 21.8 Å². The van der Waals surface area contributed by atoms with Gasteiger partial charge in [0.25, 0.3) is 0 Å². The van der Waals surface area contributed by atoms with Crippen LogP contribution in [0.25, 0.3) is 0 Å². The predicted octanol–water partition coefficient (Wildman–Crippen LogP) is 3.41. The zero-order chi connectivity index (χ0) is 14.8. The fourth-order valence-electron chi connectivity index (χ4n) is 2.75. The Balaban J connectivity index is 1.78. The van der Waals surface area contributed by atoms with E-state index >= 15 is 0 Å². The molecule has 0 saturated carbocycles. The minimum absolute atomic E-state index is 0.335. The summed E-state index contributed by atoms with van der Waals surface area (Å²) in [5.41, 5.74) is 3.52. The lowest BCUT2D eigenvalue weighted by molar-refractivity contribution is 0.351. The number of halogens is 1. The zero-order valence-corrected chi connectivity index (χ0v) is 13.9. The molecule has 5 heteroatoms. The van der Waals surface area contributed by atoms with Gasteiger partial charge in [-0.1, -0.05) is 11.6 Å². The molecule has 1 aromatic carbocycles. The van der Waals surface area contributed by atoms with Gasteiger partial charge >= 0.3 is 0 Å². The third-order valence-electron chi connectivity index (χ3n) is 3.79. The molecule has 0 spiro atoms. The van der Waals surface area contributed by atoms with Crippen molar-refractivity contribution in [1.29, 1.82) is 0 Å². The Morgan fingerprint density at radius 1 is 1.43 bits per heavy atom. The van der Waals surface area contributed by atoms with Crippen LogP contribution < -0.4 is 10.1 Å². The first-order valence-corrected chi connectivity index (χ1v) is 8.44. The molecule has 112 valence electrons. The van der Waals surface area contributed by atoms with Gasteiger partial charge in [-0.15, -0.1) is 11.3 Å². The lowest BCUT2D eigenvalue weighted by atomic mass is 10.00. The van der Waals surface area contributed by atoms with Crippen LogP contribution in [0.3, 0.4) is 0 Å². The van der Waals surface area contributed by atoms with Gasteiger partial charge in [0.1, 0.15) is 5.75 Å². The molecule has 1 aliphatic rings. The maximum atomic E-state index is 6.23. The smallest absolute Gasteiger partial charge is 0.125 e. The molecule has 3 rings (SSSR count). The van der Waals surface area contributed by atoms with E-state index in [4.69, 9.17) is 16.3 Å². The van der Waals surface area contributed by atoms with Gasteiger partial charge in [0.15, 0.2) is 0 Å². The number of hydrogen-bond donors (Lipinski definition) is 1. The van der Waals surface area contributed by atoms with Crippen LogP contribution in [0.5, 0.6) is 5.75 Å². The highest BCUT2D eigenvalue weighted by Crippen LogP contribution is 2.33. The van der Waals surface area contributed by atoms with Gasteiger partial charge in [0.2, 0.25) is 0 Å². The number of hydrogen-bond acceptors (Lipinski definition) is 4. The molecule has 3 nitrogen and oxygen atoms in total. The molecular weight excluding hydrogens is 304 g/mol. The van der Waals surface area contributed by atoms with E-state index in [2.05, 4.69) is 15.7 Å². The number of likely N-dealkylation sites (N-methyl/N-ethyl adjacent to an activating group) is 1. The summed E-state index contributed by atoms with van der Waals surface area (Å²) in [6.45, 7) is 2.80. The van der Waals surface area contributed by atoms with Crippen molar-refractivity contribution in [2.45, 2.75) is 32.2 Å². The fourth-order valence-corrected chi connectivity index (χ4v) is 3.86. The SMILES string of the molecule is CNC(Cc1nc(C)cs1)Cc1cc(Cl)cc2c1OCC2. The second-order valence-corrected chi connectivity index (χ2v) is 6.81. The maximum Gasteiger partial charge on any atom is 0.125 e. The minimum atomic E-state index is 0.335. The minimum Gasteiger partial charge on any atom is -0.493 e. The van der Waals surface area contributed by atoms with Crippen molar-refractivity contribution in [3.8, 4) is 5.75 Å². The van der Waals surface area contributed by atoms with E-state index in [9.17, 15) is 0 Å². The van der Waals surface area contributed by atoms with Crippen molar-refractivity contribution in [3.63, 3.8) is 0 Å². The van der Waals surface area contributed by atoms with E-state index in [1.165, 1.54) is 16.1 Å². The number of nitrogens with zero attached hydrogens (tertiary/aromatic N) is 1. The van der Waals surface area contributed by atoms with Gasteiger partial charge in [-0.2, -0.15) is 0 Å². The van der Waals surface area contributed by atoms with Crippen LogP contribution in [0.2, 0.25) is 5.02 Å². The second kappa shape index (κ2) is 6.34. The van der Waals surface area contributed by atoms with Gasteiger partial charge < -0.3 is 10.1 Å². The van der Waals surface area contributed by atoms with Gasteiger partial charge in [-0.25, -0.2) is 4.98 Å². The predicted molar refractivity (Wildman–Crippen MR) is 87.8 cm³/mol. The normalized spacial score (nSPS) is 14.8. The molecule has 0 fully saturated rings. The number of rotatable bonds is 5. The summed E-state index contributed by atoms with van der Waals surface area (Å²) in [5, 5.41) is 7.46. The molecule has 0 amide bonds. The van der Waals surface area contributed by atoms with Crippen molar-refractivity contribution in [3.05, 3.63) is 44.4 Å². The van der Waals surface area contributed by atoms with Crippen LogP contribution in [0, 0.1) is 6.92 Å². The number of thiazole rings is 1. The number of aromatic nitrogens is 1. The summed E-state index contributed by atoms with van der Waals surface area (Å²) in [6.07, 6.45) is 2.78. The van der Waals surface area contributed by atoms with E-state index in [1.54, 1.807) is 11.3 Å². The van der Waals surface area contributed by atoms with Crippen molar-refractivity contribution in [2.24, 2.45) is 0 Å². The molecule has 0 aliphatic carbocycles. The lowest BCUT2D eigenvalue weighted by Gasteiger charge is -2.17. The lowest BCUT2D eigenvalue weighted by Crippen LogP contribution is -2.30. The summed E-state index contributed by atoms with van der Waals surface area (Å²) in [4.78, 5) is 4.55. The van der Waals surface area contributed by atoms with Crippen LogP contribution in [0.15, 0.2) is 17.5 Å². The highest BCUT2D eigenvalue weighted by molar-refractivity contribution is 7.09. The molecule has 1 atom stereocenters. The molecule has 0 bridgehead atoms. The molecule has 1 unspecified atom stereocenters. The molecule has 2 aromatic rings. The summed E-state index contributed by atoms with van der Waals surface area (Å²) in [7, 11) is 2.00. The van der Waals surface area contributed by atoms with E-state index in [0.29, 0.717) is 6.04 Å². The Bertz CT molecular complexity index is 641. The topological polar surface area (TPSA) is 34.2 Å². The van der Waals surface area contributed by atoms with Crippen LogP contribution in [-0.2, 0) is 19.3 Å². The summed E-state index contributed by atoms with van der Waals surface area (Å²) < 4.78 is 5.78. The average Bonchev–Trinajstić information content (AvgIpc) is 3.06. The quantitative estimate of drug-likeness (QED) is 0.916. The Morgan fingerprint density at radius 2 is 2.29 bits per heavy atom. The van der Waals surface area contributed by atoms with Gasteiger partial charge in [-0.3, -0.25) is 0 Å². The number of benzene rings is 1. The van der Waals surface area contributed by atoms with Gasteiger partial charge in [0.05, 0.1) is 11.6 Å². The highest BCUT2D eigenvalue weighted by atomic mass is 35.5. The van der Waals surface area contributed by atoms with Gasteiger partial charge in [0, 0.05) is 35.0 Å². The summed E-state index contributed by atoms with van der Waals surface area (Å²) in [5.74, 6) is 1.04. The molecular formula is C16H19ClN2OS. The highest BCUT2D eigenvalue weighted by Gasteiger charge is 2.20. The first-order chi connectivity index (χ1) is 10.2. The van der Waals surface area contributed by atoms with E-state index in [1.807, 2.05) is 26.1 Å². The number of aryl methyl sites for hydroxylation is 1. The molecule has 1 aromatic heterocycles. The fraction of sp³-hybridized carbons (Fsp3) is 0.438. The van der Waals surface area contributed by atoms with E-state index < -0.39 is 0 Å². The second-order valence-electron chi connectivity index (χ2n) is 5.43. The Hall–Kier alpha value is -1.10. The van der Waals surface area contributed by atoms with Crippen molar-refractivity contribution < 1.29 is 4.74 Å². The van der Waals surface area contributed by atoms with Crippen LogP contribution in [-0.4, -0.2) is 24.7 Å². The van der Waals surface area contributed by atoms with Crippen molar-refractivity contribution >= 4 is 22.9 Å². The first kappa shape index (κ1) is 14.8. The van der Waals surface area contributed by atoms with Crippen LogP contribution in [0.4, 0.5) is 0 Å². The molecule has 2 heterocycles. The number of ether oxygens (including phenoxy) is 1. The van der Waals surface area contributed by atoms with E-state index in [-0.39, 0.29) is 0 Å². The third kappa shape index (κ3) is 3.39. The van der Waals surface area contributed by atoms with Crippen molar-refractivity contribution in [1.82, 2.24) is 10.3 Å².